The van der Waals surface area contributed by atoms with Crippen molar-refractivity contribution in [2.24, 2.45) is 0 Å². The zero-order valence-corrected chi connectivity index (χ0v) is 7.34. The number of fused-ring (bicyclic) bond motifs is 1. The van der Waals surface area contributed by atoms with Crippen molar-refractivity contribution in [2.45, 2.75) is 5.75 Å². The largest absolute Gasteiger partial charge is 0.460 e. The minimum atomic E-state index is 0.620. The van der Waals surface area contributed by atoms with Crippen molar-refractivity contribution in [3.63, 3.8) is 0 Å². The molecule has 0 radical (unpaired) electrons. The predicted octanol–water partition coefficient (Wildman–Crippen LogP) is 2.44. The first kappa shape index (κ1) is 7.55. The van der Waals surface area contributed by atoms with E-state index in [0.29, 0.717) is 5.75 Å². The molecule has 2 aromatic rings. The van der Waals surface area contributed by atoms with Gasteiger partial charge in [0.2, 0.25) is 0 Å². The van der Waals surface area contributed by atoms with E-state index in [2.05, 4.69) is 12.6 Å². The lowest BCUT2D eigenvalue weighted by Gasteiger charge is -1.89. The van der Waals surface area contributed by atoms with Crippen LogP contribution >= 0.6 is 12.6 Å². The Kier molecular flexibility index (Phi) is 1.73. The quantitative estimate of drug-likeness (QED) is 0.521. The molecule has 0 saturated carbocycles. The van der Waals surface area contributed by atoms with Gasteiger partial charge >= 0.3 is 0 Å². The second-order valence-electron chi connectivity index (χ2n) is 2.67. The van der Waals surface area contributed by atoms with Gasteiger partial charge in [-0.3, -0.25) is 0 Å². The van der Waals surface area contributed by atoms with Gasteiger partial charge in [0, 0.05) is 22.9 Å². The normalized spacial score (nSPS) is 10.8. The molecule has 1 heterocycles. The van der Waals surface area contributed by atoms with E-state index in [1.807, 2.05) is 24.3 Å². The second-order valence-corrected chi connectivity index (χ2v) is 2.98. The van der Waals surface area contributed by atoms with E-state index in [-0.39, 0.29) is 0 Å². The summed E-state index contributed by atoms with van der Waals surface area (Å²) in [5, 5.41) is 1.08. The number of anilines is 1. The highest BCUT2D eigenvalue weighted by Crippen LogP contribution is 2.22. The standard InChI is InChI=1S/C9H9NOS/c10-7-2-1-6-3-8(5-12)11-9(6)4-7/h1-4,12H,5,10H2. The fourth-order valence-electron chi connectivity index (χ4n) is 1.18. The van der Waals surface area contributed by atoms with Crippen molar-refractivity contribution in [3.05, 3.63) is 30.0 Å². The van der Waals surface area contributed by atoms with Gasteiger partial charge in [-0.05, 0) is 18.2 Å². The van der Waals surface area contributed by atoms with Gasteiger partial charge in [0.15, 0.2) is 0 Å². The Morgan fingerprint density at radius 3 is 2.92 bits per heavy atom. The van der Waals surface area contributed by atoms with Crippen molar-refractivity contribution in [2.75, 3.05) is 5.73 Å². The van der Waals surface area contributed by atoms with Crippen LogP contribution in [0.4, 0.5) is 5.69 Å². The number of benzene rings is 1. The van der Waals surface area contributed by atoms with Gasteiger partial charge in [0.1, 0.15) is 11.3 Å². The zero-order chi connectivity index (χ0) is 8.55. The fourth-order valence-corrected chi connectivity index (χ4v) is 1.34. The highest BCUT2D eigenvalue weighted by molar-refractivity contribution is 7.79. The first-order valence-electron chi connectivity index (χ1n) is 3.68. The molecule has 3 heteroatoms. The van der Waals surface area contributed by atoms with E-state index in [1.165, 1.54) is 0 Å². The first-order chi connectivity index (χ1) is 5.79. The molecule has 2 nitrogen and oxygen atoms in total. The van der Waals surface area contributed by atoms with Crippen LogP contribution in [0.2, 0.25) is 0 Å². The fraction of sp³-hybridized carbons (Fsp3) is 0.111. The van der Waals surface area contributed by atoms with Gasteiger partial charge in [-0.1, -0.05) is 0 Å². The molecule has 0 aliphatic heterocycles. The van der Waals surface area contributed by atoms with Crippen molar-refractivity contribution >= 4 is 29.3 Å². The molecule has 0 bridgehead atoms. The summed E-state index contributed by atoms with van der Waals surface area (Å²) >= 11 is 4.12. The number of rotatable bonds is 1. The second kappa shape index (κ2) is 2.75. The molecule has 0 saturated heterocycles. The molecule has 1 aromatic carbocycles. The maximum absolute atomic E-state index is 5.60. The molecule has 0 aliphatic carbocycles. The molecule has 0 unspecified atom stereocenters. The molecule has 0 aliphatic rings. The van der Waals surface area contributed by atoms with Gasteiger partial charge in [0.25, 0.3) is 0 Å². The van der Waals surface area contributed by atoms with Gasteiger partial charge in [0.05, 0.1) is 0 Å². The molecular formula is C9H9NOS. The summed E-state index contributed by atoms with van der Waals surface area (Å²) in [4.78, 5) is 0. The van der Waals surface area contributed by atoms with E-state index in [9.17, 15) is 0 Å². The average molecular weight is 179 g/mol. The van der Waals surface area contributed by atoms with E-state index in [4.69, 9.17) is 10.2 Å². The minimum Gasteiger partial charge on any atom is -0.460 e. The summed E-state index contributed by atoms with van der Waals surface area (Å²) in [7, 11) is 0. The van der Waals surface area contributed by atoms with Crippen LogP contribution in [0.5, 0.6) is 0 Å². The van der Waals surface area contributed by atoms with Gasteiger partial charge < -0.3 is 10.2 Å². The third-order valence-electron chi connectivity index (χ3n) is 1.75. The highest BCUT2D eigenvalue weighted by Gasteiger charge is 2.01. The van der Waals surface area contributed by atoms with Crippen LogP contribution in [-0.2, 0) is 5.75 Å². The lowest BCUT2D eigenvalue weighted by atomic mass is 10.2. The molecule has 0 spiro atoms. The summed E-state index contributed by atoms with van der Waals surface area (Å²) in [6.07, 6.45) is 0. The first-order valence-corrected chi connectivity index (χ1v) is 4.31. The summed E-state index contributed by atoms with van der Waals surface area (Å²) in [5.74, 6) is 1.49. The Morgan fingerprint density at radius 1 is 1.33 bits per heavy atom. The SMILES string of the molecule is Nc1ccc2cc(CS)oc2c1. The van der Waals surface area contributed by atoms with Crippen LogP contribution in [0.3, 0.4) is 0 Å². The monoisotopic (exact) mass is 179 g/mol. The molecule has 1 aromatic heterocycles. The van der Waals surface area contributed by atoms with Crippen LogP contribution in [0.15, 0.2) is 28.7 Å². The number of thiol groups is 1. The Balaban J connectivity index is 2.67. The average Bonchev–Trinajstić information content (AvgIpc) is 2.46. The Labute approximate surface area is 75.8 Å². The molecular weight excluding hydrogens is 170 g/mol. The predicted molar refractivity (Wildman–Crippen MR) is 53.3 cm³/mol. The zero-order valence-electron chi connectivity index (χ0n) is 6.45. The smallest absolute Gasteiger partial charge is 0.136 e. The Hall–Kier alpha value is -1.09. The number of nitrogens with two attached hydrogens (primary N) is 1. The van der Waals surface area contributed by atoms with Crippen molar-refractivity contribution in [3.8, 4) is 0 Å². The van der Waals surface area contributed by atoms with Gasteiger partial charge in [-0.15, -0.1) is 0 Å². The van der Waals surface area contributed by atoms with E-state index >= 15 is 0 Å². The highest BCUT2D eigenvalue weighted by atomic mass is 32.1. The Bertz CT molecular complexity index is 408. The van der Waals surface area contributed by atoms with E-state index in [0.717, 1.165) is 22.4 Å². The number of hydrogen-bond acceptors (Lipinski definition) is 3. The minimum absolute atomic E-state index is 0.620. The van der Waals surface area contributed by atoms with Gasteiger partial charge in [-0.2, -0.15) is 12.6 Å². The van der Waals surface area contributed by atoms with Crippen molar-refractivity contribution in [1.29, 1.82) is 0 Å². The number of nitrogen functional groups attached to an aromatic ring is 1. The van der Waals surface area contributed by atoms with Crippen molar-refractivity contribution in [1.82, 2.24) is 0 Å². The molecule has 2 N–H and O–H groups in total. The van der Waals surface area contributed by atoms with E-state index < -0.39 is 0 Å². The Morgan fingerprint density at radius 2 is 2.17 bits per heavy atom. The molecule has 0 amide bonds. The number of furan rings is 1. The number of hydrogen-bond donors (Lipinski definition) is 2. The van der Waals surface area contributed by atoms with Gasteiger partial charge in [-0.25, -0.2) is 0 Å². The topological polar surface area (TPSA) is 39.2 Å². The van der Waals surface area contributed by atoms with Crippen LogP contribution in [0, 0.1) is 0 Å². The van der Waals surface area contributed by atoms with Crippen LogP contribution in [0.1, 0.15) is 5.76 Å². The lowest BCUT2D eigenvalue weighted by Crippen LogP contribution is -1.80. The van der Waals surface area contributed by atoms with E-state index in [1.54, 1.807) is 0 Å². The third kappa shape index (κ3) is 1.16. The molecule has 12 heavy (non-hydrogen) atoms. The molecule has 0 atom stereocenters. The maximum atomic E-state index is 5.60. The van der Waals surface area contributed by atoms with Crippen LogP contribution in [-0.4, -0.2) is 0 Å². The molecule has 0 fully saturated rings. The lowest BCUT2D eigenvalue weighted by molar-refractivity contribution is 0.575. The summed E-state index contributed by atoms with van der Waals surface area (Å²) < 4.78 is 5.44. The van der Waals surface area contributed by atoms with Crippen LogP contribution in [0.25, 0.3) is 11.0 Å². The van der Waals surface area contributed by atoms with Crippen molar-refractivity contribution < 1.29 is 4.42 Å². The maximum Gasteiger partial charge on any atom is 0.136 e. The third-order valence-corrected chi connectivity index (χ3v) is 2.06. The molecule has 62 valence electrons. The summed E-state index contributed by atoms with van der Waals surface area (Å²) in [5.41, 5.74) is 7.15. The summed E-state index contributed by atoms with van der Waals surface area (Å²) in [6, 6.07) is 7.60. The molecule has 2 rings (SSSR count). The van der Waals surface area contributed by atoms with Crippen LogP contribution < -0.4 is 5.73 Å². The summed E-state index contributed by atoms with van der Waals surface area (Å²) in [6.45, 7) is 0.